The van der Waals surface area contributed by atoms with Crippen molar-refractivity contribution in [2.24, 2.45) is 0 Å². The van der Waals surface area contributed by atoms with Crippen molar-refractivity contribution in [1.82, 2.24) is 0 Å². The molecule has 2 aromatic rings. The summed E-state index contributed by atoms with van der Waals surface area (Å²) in [6.07, 6.45) is 0.182. The molecule has 1 aliphatic heterocycles. The van der Waals surface area contributed by atoms with Gasteiger partial charge in [-0.2, -0.15) is 0 Å². The first-order valence-corrected chi connectivity index (χ1v) is 7.32. The van der Waals surface area contributed by atoms with Crippen molar-refractivity contribution in [3.05, 3.63) is 59.7 Å². The Hall–Kier alpha value is -2.62. The Labute approximate surface area is 129 Å². The van der Waals surface area contributed by atoms with E-state index in [-0.39, 0.29) is 18.2 Å². The largest absolute Gasteiger partial charge is 0.373 e. The lowest BCUT2D eigenvalue weighted by molar-refractivity contribution is -0.121. The molecule has 0 spiro atoms. The standard InChI is InChI=1S/C18H18N2O2/c1-12-7-6-10-15(13(12)2)19-16-11-17(21)20(18(16)22)14-8-4-3-5-9-14/h3-10,16,19H,11H2,1-2H3/t16-/m0/s1. The maximum Gasteiger partial charge on any atom is 0.256 e. The van der Waals surface area contributed by atoms with Crippen LogP contribution in [0.5, 0.6) is 0 Å². The Morgan fingerprint density at radius 2 is 1.73 bits per heavy atom. The van der Waals surface area contributed by atoms with Gasteiger partial charge in [-0.25, -0.2) is 4.90 Å². The molecule has 0 radical (unpaired) electrons. The van der Waals surface area contributed by atoms with Crippen LogP contribution in [0.1, 0.15) is 17.5 Å². The minimum atomic E-state index is -0.506. The molecule has 4 heteroatoms. The van der Waals surface area contributed by atoms with Crippen LogP contribution in [-0.4, -0.2) is 17.9 Å². The Morgan fingerprint density at radius 1 is 1.00 bits per heavy atom. The normalized spacial score (nSPS) is 17.9. The van der Waals surface area contributed by atoms with Crippen LogP contribution in [0.2, 0.25) is 0 Å². The molecule has 1 heterocycles. The number of rotatable bonds is 3. The van der Waals surface area contributed by atoms with Gasteiger partial charge in [-0.05, 0) is 43.2 Å². The van der Waals surface area contributed by atoms with Gasteiger partial charge >= 0.3 is 0 Å². The van der Waals surface area contributed by atoms with Crippen molar-refractivity contribution in [1.29, 1.82) is 0 Å². The molecule has 1 aliphatic rings. The molecule has 1 fully saturated rings. The van der Waals surface area contributed by atoms with Gasteiger partial charge in [0.2, 0.25) is 5.91 Å². The first-order valence-electron chi connectivity index (χ1n) is 7.32. The maximum absolute atomic E-state index is 12.6. The Balaban J connectivity index is 1.84. The predicted molar refractivity (Wildman–Crippen MR) is 86.9 cm³/mol. The second-order valence-electron chi connectivity index (χ2n) is 5.55. The summed E-state index contributed by atoms with van der Waals surface area (Å²) in [7, 11) is 0. The molecule has 112 valence electrons. The molecular formula is C18H18N2O2. The van der Waals surface area contributed by atoms with E-state index in [1.807, 2.05) is 50.2 Å². The topological polar surface area (TPSA) is 49.4 Å². The number of amides is 2. The van der Waals surface area contributed by atoms with E-state index in [0.717, 1.165) is 16.8 Å². The number of nitrogens with zero attached hydrogens (tertiary/aromatic N) is 1. The molecule has 3 rings (SSSR count). The molecule has 2 amide bonds. The Morgan fingerprint density at radius 3 is 2.45 bits per heavy atom. The molecule has 0 bridgehead atoms. The third-order valence-corrected chi connectivity index (χ3v) is 4.10. The Kier molecular flexibility index (Phi) is 3.67. The predicted octanol–water partition coefficient (Wildman–Crippen LogP) is 3.05. The quantitative estimate of drug-likeness (QED) is 0.885. The van der Waals surface area contributed by atoms with Crippen molar-refractivity contribution < 1.29 is 9.59 Å². The first-order chi connectivity index (χ1) is 10.6. The van der Waals surface area contributed by atoms with Crippen molar-refractivity contribution in [3.63, 3.8) is 0 Å². The zero-order chi connectivity index (χ0) is 15.7. The monoisotopic (exact) mass is 294 g/mol. The van der Waals surface area contributed by atoms with E-state index in [0.29, 0.717) is 5.69 Å². The summed E-state index contributed by atoms with van der Waals surface area (Å²) < 4.78 is 0. The number of benzene rings is 2. The zero-order valence-corrected chi connectivity index (χ0v) is 12.7. The first kappa shape index (κ1) is 14.3. The molecule has 1 N–H and O–H groups in total. The summed E-state index contributed by atoms with van der Waals surface area (Å²) in [6.45, 7) is 4.03. The van der Waals surface area contributed by atoms with Crippen molar-refractivity contribution in [3.8, 4) is 0 Å². The molecule has 0 saturated carbocycles. The van der Waals surface area contributed by atoms with Crippen LogP contribution < -0.4 is 10.2 Å². The summed E-state index contributed by atoms with van der Waals surface area (Å²) in [5, 5.41) is 3.22. The van der Waals surface area contributed by atoms with Crippen LogP contribution >= 0.6 is 0 Å². The van der Waals surface area contributed by atoms with Crippen LogP contribution in [0.25, 0.3) is 0 Å². The third kappa shape index (κ3) is 2.48. The maximum atomic E-state index is 12.6. The molecule has 0 aromatic heterocycles. The van der Waals surface area contributed by atoms with Crippen LogP contribution in [-0.2, 0) is 9.59 Å². The molecule has 22 heavy (non-hydrogen) atoms. The summed E-state index contributed by atoms with van der Waals surface area (Å²) in [5.41, 5.74) is 3.78. The van der Waals surface area contributed by atoms with Gasteiger partial charge in [0.1, 0.15) is 6.04 Å². The van der Waals surface area contributed by atoms with E-state index < -0.39 is 6.04 Å². The van der Waals surface area contributed by atoms with E-state index in [1.165, 1.54) is 4.90 Å². The molecule has 0 unspecified atom stereocenters. The van der Waals surface area contributed by atoms with E-state index in [1.54, 1.807) is 12.1 Å². The van der Waals surface area contributed by atoms with Crippen molar-refractivity contribution in [2.75, 3.05) is 10.2 Å². The number of nitrogens with one attached hydrogen (secondary N) is 1. The fraction of sp³-hybridized carbons (Fsp3) is 0.222. The van der Waals surface area contributed by atoms with Crippen molar-refractivity contribution >= 4 is 23.2 Å². The van der Waals surface area contributed by atoms with Crippen LogP contribution in [0.4, 0.5) is 11.4 Å². The van der Waals surface area contributed by atoms with Gasteiger partial charge in [-0.15, -0.1) is 0 Å². The fourth-order valence-corrected chi connectivity index (χ4v) is 2.69. The van der Waals surface area contributed by atoms with Gasteiger partial charge in [0, 0.05) is 5.69 Å². The number of carbonyl (C=O) groups excluding carboxylic acids is 2. The lowest BCUT2D eigenvalue weighted by atomic mass is 10.1. The van der Waals surface area contributed by atoms with E-state index in [9.17, 15) is 9.59 Å². The highest BCUT2D eigenvalue weighted by Gasteiger charge is 2.39. The summed E-state index contributed by atoms with van der Waals surface area (Å²) >= 11 is 0. The van der Waals surface area contributed by atoms with Gasteiger partial charge in [-0.3, -0.25) is 9.59 Å². The number of para-hydroxylation sites is 1. The van der Waals surface area contributed by atoms with E-state index in [4.69, 9.17) is 0 Å². The van der Waals surface area contributed by atoms with Crippen LogP contribution in [0.15, 0.2) is 48.5 Å². The van der Waals surface area contributed by atoms with Crippen molar-refractivity contribution in [2.45, 2.75) is 26.3 Å². The third-order valence-electron chi connectivity index (χ3n) is 4.10. The zero-order valence-electron chi connectivity index (χ0n) is 12.7. The minimum absolute atomic E-state index is 0.168. The number of hydrogen-bond donors (Lipinski definition) is 1. The SMILES string of the molecule is Cc1cccc(N[C@H]2CC(=O)N(c3ccccc3)C2=O)c1C. The number of hydrogen-bond acceptors (Lipinski definition) is 3. The van der Waals surface area contributed by atoms with Gasteiger partial charge in [-0.1, -0.05) is 30.3 Å². The molecule has 1 atom stereocenters. The van der Waals surface area contributed by atoms with Gasteiger partial charge in [0.05, 0.1) is 12.1 Å². The number of carbonyl (C=O) groups is 2. The average molecular weight is 294 g/mol. The summed E-state index contributed by atoms with van der Waals surface area (Å²) in [4.78, 5) is 26.0. The highest BCUT2D eigenvalue weighted by atomic mass is 16.2. The van der Waals surface area contributed by atoms with E-state index >= 15 is 0 Å². The van der Waals surface area contributed by atoms with Gasteiger partial charge < -0.3 is 5.32 Å². The highest BCUT2D eigenvalue weighted by Crippen LogP contribution is 2.26. The number of anilines is 2. The lowest BCUT2D eigenvalue weighted by Gasteiger charge is -2.17. The molecule has 0 aliphatic carbocycles. The summed E-state index contributed by atoms with van der Waals surface area (Å²) in [5.74, 6) is -0.365. The van der Waals surface area contributed by atoms with Gasteiger partial charge in [0.15, 0.2) is 0 Å². The van der Waals surface area contributed by atoms with Crippen LogP contribution in [0, 0.1) is 13.8 Å². The van der Waals surface area contributed by atoms with Crippen LogP contribution in [0.3, 0.4) is 0 Å². The summed E-state index contributed by atoms with van der Waals surface area (Å²) in [6, 6.07) is 14.5. The number of imide groups is 1. The van der Waals surface area contributed by atoms with E-state index in [2.05, 4.69) is 5.32 Å². The number of aryl methyl sites for hydroxylation is 1. The molecule has 2 aromatic carbocycles. The lowest BCUT2D eigenvalue weighted by Crippen LogP contribution is -2.34. The average Bonchev–Trinajstić information content (AvgIpc) is 2.79. The smallest absolute Gasteiger partial charge is 0.256 e. The molecular weight excluding hydrogens is 276 g/mol. The second-order valence-corrected chi connectivity index (χ2v) is 5.55. The Bertz CT molecular complexity index is 725. The minimum Gasteiger partial charge on any atom is -0.373 e. The van der Waals surface area contributed by atoms with Gasteiger partial charge in [0.25, 0.3) is 5.91 Å². The highest BCUT2D eigenvalue weighted by molar-refractivity contribution is 6.23. The second kappa shape index (κ2) is 5.64. The molecule has 1 saturated heterocycles. The molecule has 4 nitrogen and oxygen atoms in total. The fourth-order valence-electron chi connectivity index (χ4n) is 2.69.